The van der Waals surface area contributed by atoms with Crippen LogP contribution in [0.25, 0.3) is 10.4 Å². The SMILES string of the molecule is C.[N-]=[N+]=Nc1cccc(C(N)=O)c1. The number of carbonyl (C=O) groups is 1. The van der Waals surface area contributed by atoms with Gasteiger partial charge in [-0.05, 0) is 17.7 Å². The number of hydrogen-bond donors (Lipinski definition) is 1. The summed E-state index contributed by atoms with van der Waals surface area (Å²) in [5.74, 6) is -0.537. The average molecular weight is 178 g/mol. The Hall–Kier alpha value is -2.00. The van der Waals surface area contributed by atoms with E-state index in [-0.39, 0.29) is 7.43 Å². The predicted molar refractivity (Wildman–Crippen MR) is 50.5 cm³/mol. The maximum atomic E-state index is 10.6. The van der Waals surface area contributed by atoms with E-state index in [0.717, 1.165) is 0 Å². The Bertz CT molecular complexity index is 338. The zero-order chi connectivity index (χ0) is 8.97. The van der Waals surface area contributed by atoms with E-state index in [4.69, 9.17) is 11.3 Å². The lowest BCUT2D eigenvalue weighted by molar-refractivity contribution is 0.100. The van der Waals surface area contributed by atoms with Gasteiger partial charge in [0.25, 0.3) is 0 Å². The van der Waals surface area contributed by atoms with Crippen molar-refractivity contribution in [3.05, 3.63) is 40.3 Å². The molecule has 0 radical (unpaired) electrons. The lowest BCUT2D eigenvalue weighted by Crippen LogP contribution is -2.10. The third-order valence-corrected chi connectivity index (χ3v) is 1.29. The van der Waals surface area contributed by atoms with E-state index < -0.39 is 5.91 Å². The lowest BCUT2D eigenvalue weighted by Gasteiger charge is -1.94. The zero-order valence-electron chi connectivity index (χ0n) is 6.14. The number of nitrogens with two attached hydrogens (primary N) is 1. The van der Waals surface area contributed by atoms with E-state index in [2.05, 4.69) is 10.0 Å². The highest BCUT2D eigenvalue weighted by Crippen LogP contribution is 2.13. The second kappa shape index (κ2) is 4.79. The van der Waals surface area contributed by atoms with Crippen LogP contribution in [0.5, 0.6) is 0 Å². The minimum atomic E-state index is -0.537. The van der Waals surface area contributed by atoms with Crippen LogP contribution in [-0.4, -0.2) is 5.91 Å². The second-order valence-corrected chi connectivity index (χ2v) is 2.10. The predicted octanol–water partition coefficient (Wildman–Crippen LogP) is 2.36. The summed E-state index contributed by atoms with van der Waals surface area (Å²) in [5.41, 5.74) is 13.8. The smallest absolute Gasteiger partial charge is 0.248 e. The Labute approximate surface area is 75.8 Å². The molecular formula is C8H10N4O. The number of hydrogen-bond acceptors (Lipinski definition) is 2. The summed E-state index contributed by atoms with van der Waals surface area (Å²) < 4.78 is 0. The van der Waals surface area contributed by atoms with E-state index in [1.54, 1.807) is 18.2 Å². The van der Waals surface area contributed by atoms with Crippen LogP contribution in [-0.2, 0) is 0 Å². The fourth-order valence-corrected chi connectivity index (χ4v) is 0.773. The first kappa shape index (κ1) is 11.0. The van der Waals surface area contributed by atoms with Crippen LogP contribution in [0.15, 0.2) is 29.4 Å². The Kier molecular flexibility index (Phi) is 4.06. The molecule has 0 heterocycles. The van der Waals surface area contributed by atoms with Crippen molar-refractivity contribution in [2.24, 2.45) is 10.8 Å². The van der Waals surface area contributed by atoms with Crippen molar-refractivity contribution in [1.82, 2.24) is 0 Å². The van der Waals surface area contributed by atoms with Crippen LogP contribution < -0.4 is 5.73 Å². The molecule has 0 aliphatic rings. The molecule has 1 aromatic carbocycles. The van der Waals surface area contributed by atoms with E-state index in [9.17, 15) is 4.79 Å². The van der Waals surface area contributed by atoms with Gasteiger partial charge in [-0.15, -0.1) is 0 Å². The van der Waals surface area contributed by atoms with Crippen molar-refractivity contribution >= 4 is 11.6 Å². The fourth-order valence-electron chi connectivity index (χ4n) is 0.773. The van der Waals surface area contributed by atoms with Crippen molar-refractivity contribution in [2.75, 3.05) is 0 Å². The van der Waals surface area contributed by atoms with Crippen molar-refractivity contribution in [2.45, 2.75) is 7.43 Å². The Balaban J connectivity index is 0.00000144. The van der Waals surface area contributed by atoms with Gasteiger partial charge in [-0.3, -0.25) is 4.79 Å². The molecule has 0 unspecified atom stereocenters. The molecule has 5 nitrogen and oxygen atoms in total. The van der Waals surface area contributed by atoms with Crippen LogP contribution >= 0.6 is 0 Å². The van der Waals surface area contributed by atoms with Gasteiger partial charge in [-0.25, -0.2) is 0 Å². The Morgan fingerprint density at radius 2 is 2.23 bits per heavy atom. The largest absolute Gasteiger partial charge is 0.366 e. The number of nitrogens with zero attached hydrogens (tertiary/aromatic N) is 3. The first-order valence-electron chi connectivity index (χ1n) is 3.19. The third-order valence-electron chi connectivity index (χ3n) is 1.29. The fraction of sp³-hybridized carbons (Fsp3) is 0.125. The molecule has 0 fully saturated rings. The summed E-state index contributed by atoms with van der Waals surface area (Å²) >= 11 is 0. The number of azide groups is 1. The quantitative estimate of drug-likeness (QED) is 0.420. The first-order chi connectivity index (χ1) is 5.74. The molecule has 0 spiro atoms. The van der Waals surface area contributed by atoms with Gasteiger partial charge in [-0.1, -0.05) is 24.7 Å². The topological polar surface area (TPSA) is 91.8 Å². The van der Waals surface area contributed by atoms with Gasteiger partial charge < -0.3 is 5.73 Å². The van der Waals surface area contributed by atoms with Gasteiger partial charge in [0, 0.05) is 16.2 Å². The van der Waals surface area contributed by atoms with Crippen LogP contribution in [0.1, 0.15) is 17.8 Å². The molecule has 0 saturated carbocycles. The summed E-state index contributed by atoms with van der Waals surface area (Å²) in [5, 5.41) is 3.32. The second-order valence-electron chi connectivity index (χ2n) is 2.10. The van der Waals surface area contributed by atoms with Crippen LogP contribution in [0.2, 0.25) is 0 Å². The third kappa shape index (κ3) is 2.84. The number of primary amides is 1. The summed E-state index contributed by atoms with van der Waals surface area (Å²) in [6.07, 6.45) is 0. The number of benzene rings is 1. The number of carbonyl (C=O) groups excluding carboxylic acids is 1. The molecule has 0 bridgehead atoms. The summed E-state index contributed by atoms with van der Waals surface area (Å²) in [6, 6.07) is 6.18. The molecular weight excluding hydrogens is 168 g/mol. The van der Waals surface area contributed by atoms with Crippen LogP contribution in [0.3, 0.4) is 0 Å². The minimum absolute atomic E-state index is 0. The first-order valence-corrected chi connectivity index (χ1v) is 3.19. The van der Waals surface area contributed by atoms with E-state index in [1.807, 2.05) is 0 Å². The molecule has 0 atom stereocenters. The van der Waals surface area contributed by atoms with Crippen molar-refractivity contribution in [3.63, 3.8) is 0 Å². The van der Waals surface area contributed by atoms with Crippen LogP contribution in [0.4, 0.5) is 5.69 Å². The van der Waals surface area contributed by atoms with Gasteiger partial charge >= 0.3 is 0 Å². The highest BCUT2D eigenvalue weighted by atomic mass is 16.1. The molecule has 13 heavy (non-hydrogen) atoms. The number of amides is 1. The molecule has 2 N–H and O–H groups in total. The molecule has 1 aromatic rings. The molecule has 0 aliphatic heterocycles. The standard InChI is InChI=1S/C7H6N4O.CH4/c8-7(12)5-2-1-3-6(4-5)10-11-9;/h1-4H,(H2,8,12);1H4. The molecule has 1 amide bonds. The maximum Gasteiger partial charge on any atom is 0.248 e. The van der Waals surface area contributed by atoms with Gasteiger partial charge in [-0.2, -0.15) is 0 Å². The normalized spacial score (nSPS) is 8.00. The number of rotatable bonds is 2. The Morgan fingerprint density at radius 1 is 1.54 bits per heavy atom. The summed E-state index contributed by atoms with van der Waals surface area (Å²) in [4.78, 5) is 13.2. The Morgan fingerprint density at radius 3 is 2.77 bits per heavy atom. The molecule has 0 aromatic heterocycles. The van der Waals surface area contributed by atoms with Crippen molar-refractivity contribution < 1.29 is 4.79 Å². The molecule has 0 saturated heterocycles. The minimum Gasteiger partial charge on any atom is -0.366 e. The molecule has 5 heteroatoms. The van der Waals surface area contributed by atoms with E-state index >= 15 is 0 Å². The van der Waals surface area contributed by atoms with Gasteiger partial charge in [0.2, 0.25) is 5.91 Å². The average Bonchev–Trinajstić information content (AvgIpc) is 2.05. The monoisotopic (exact) mass is 178 g/mol. The molecule has 1 rings (SSSR count). The zero-order valence-corrected chi connectivity index (χ0v) is 6.14. The maximum absolute atomic E-state index is 10.6. The summed E-state index contributed by atoms with van der Waals surface area (Å²) in [7, 11) is 0. The molecule has 68 valence electrons. The lowest BCUT2D eigenvalue weighted by atomic mass is 10.2. The molecule has 0 aliphatic carbocycles. The van der Waals surface area contributed by atoms with Crippen molar-refractivity contribution in [3.8, 4) is 0 Å². The van der Waals surface area contributed by atoms with Gasteiger partial charge in [0.15, 0.2) is 0 Å². The van der Waals surface area contributed by atoms with Crippen molar-refractivity contribution in [1.29, 1.82) is 0 Å². The van der Waals surface area contributed by atoms with E-state index in [1.165, 1.54) is 6.07 Å². The highest BCUT2D eigenvalue weighted by molar-refractivity contribution is 5.93. The van der Waals surface area contributed by atoms with Crippen LogP contribution in [0, 0.1) is 0 Å². The van der Waals surface area contributed by atoms with Gasteiger partial charge in [0.05, 0.1) is 0 Å². The van der Waals surface area contributed by atoms with Gasteiger partial charge in [0.1, 0.15) is 0 Å². The summed E-state index contributed by atoms with van der Waals surface area (Å²) in [6.45, 7) is 0. The highest BCUT2D eigenvalue weighted by Gasteiger charge is 1.98. The van der Waals surface area contributed by atoms with E-state index in [0.29, 0.717) is 11.3 Å².